The molecule has 0 aliphatic carbocycles. The van der Waals surface area contributed by atoms with Crippen LogP contribution in [0.4, 0.5) is 11.4 Å². The number of anilines is 2. The molecule has 1 unspecified atom stereocenters. The van der Waals surface area contributed by atoms with Gasteiger partial charge in [-0.05, 0) is 30.7 Å². The van der Waals surface area contributed by atoms with E-state index in [0.29, 0.717) is 22.3 Å². The van der Waals surface area contributed by atoms with Gasteiger partial charge in [-0.3, -0.25) is 4.79 Å². The lowest BCUT2D eigenvalue weighted by Crippen LogP contribution is -2.22. The van der Waals surface area contributed by atoms with Gasteiger partial charge in [-0.1, -0.05) is 24.3 Å². The fraction of sp³-hybridized carbons (Fsp3) is 0.188. The van der Waals surface area contributed by atoms with Crippen LogP contribution >= 0.6 is 11.3 Å². The highest BCUT2D eigenvalue weighted by atomic mass is 32.1. The zero-order valence-corrected chi connectivity index (χ0v) is 12.3. The molecule has 1 atom stereocenters. The molecule has 1 aliphatic heterocycles. The van der Waals surface area contributed by atoms with Gasteiger partial charge in [0.25, 0.3) is 5.91 Å². The standard InChI is InChI=1S/C16H17N3OS/c17-11-5-1-2-6-12(11)19-16(20)15-9-8-14(21-15)13-7-3-4-10-18-13/h1-6,8-9,13,18H,7,10,17H2,(H,19,20). The second kappa shape index (κ2) is 6.11. The zero-order valence-electron chi connectivity index (χ0n) is 11.5. The third-order valence-corrected chi connectivity index (χ3v) is 4.62. The van der Waals surface area contributed by atoms with Crippen molar-refractivity contribution in [1.82, 2.24) is 5.32 Å². The fourth-order valence-electron chi connectivity index (χ4n) is 2.28. The number of hydrogen-bond acceptors (Lipinski definition) is 4. The molecule has 0 spiro atoms. The molecule has 0 radical (unpaired) electrons. The van der Waals surface area contributed by atoms with Crippen molar-refractivity contribution in [2.45, 2.75) is 12.5 Å². The van der Waals surface area contributed by atoms with Gasteiger partial charge >= 0.3 is 0 Å². The normalized spacial score (nSPS) is 17.6. The van der Waals surface area contributed by atoms with Gasteiger partial charge in [0.1, 0.15) is 0 Å². The van der Waals surface area contributed by atoms with Gasteiger partial charge < -0.3 is 16.4 Å². The maximum atomic E-state index is 12.3. The third-order valence-electron chi connectivity index (χ3n) is 3.42. The van der Waals surface area contributed by atoms with Crippen molar-refractivity contribution in [2.24, 2.45) is 0 Å². The number of para-hydroxylation sites is 2. The van der Waals surface area contributed by atoms with Crippen LogP contribution in [0.2, 0.25) is 0 Å². The summed E-state index contributed by atoms with van der Waals surface area (Å²) in [5, 5.41) is 6.27. The highest BCUT2D eigenvalue weighted by Crippen LogP contribution is 2.28. The number of carbonyl (C=O) groups excluding carboxylic acids is 1. The number of amides is 1. The minimum Gasteiger partial charge on any atom is -0.397 e. The summed E-state index contributed by atoms with van der Waals surface area (Å²) in [4.78, 5) is 14.2. The van der Waals surface area contributed by atoms with E-state index in [1.54, 1.807) is 12.1 Å². The van der Waals surface area contributed by atoms with E-state index in [1.807, 2.05) is 24.3 Å². The predicted molar refractivity (Wildman–Crippen MR) is 87.6 cm³/mol. The molecule has 3 rings (SSSR count). The summed E-state index contributed by atoms with van der Waals surface area (Å²) in [7, 11) is 0. The van der Waals surface area contributed by atoms with Crippen LogP contribution in [-0.2, 0) is 0 Å². The van der Waals surface area contributed by atoms with Crippen LogP contribution in [0, 0.1) is 0 Å². The molecule has 108 valence electrons. The Hall–Kier alpha value is -2.11. The number of rotatable bonds is 3. The van der Waals surface area contributed by atoms with Gasteiger partial charge in [-0.15, -0.1) is 11.3 Å². The predicted octanol–water partition coefficient (Wildman–Crippen LogP) is 3.17. The van der Waals surface area contributed by atoms with Crippen LogP contribution in [0.15, 0.2) is 48.6 Å². The van der Waals surface area contributed by atoms with Crippen LogP contribution in [-0.4, -0.2) is 12.5 Å². The molecular formula is C16H17N3OS. The average Bonchev–Trinajstić information content (AvgIpc) is 3.00. The summed E-state index contributed by atoms with van der Waals surface area (Å²) in [6.07, 6.45) is 5.26. The van der Waals surface area contributed by atoms with E-state index < -0.39 is 0 Å². The Kier molecular flexibility index (Phi) is 4.03. The first-order chi connectivity index (χ1) is 10.2. The Balaban J connectivity index is 1.72. The molecular weight excluding hydrogens is 282 g/mol. The maximum absolute atomic E-state index is 12.3. The van der Waals surface area contributed by atoms with Crippen LogP contribution in [0.5, 0.6) is 0 Å². The molecule has 1 aromatic heterocycles. The number of benzene rings is 1. The van der Waals surface area contributed by atoms with Crippen LogP contribution in [0.3, 0.4) is 0 Å². The molecule has 0 bridgehead atoms. The minimum absolute atomic E-state index is 0.115. The Morgan fingerprint density at radius 2 is 2.10 bits per heavy atom. The molecule has 5 heteroatoms. The Bertz CT molecular complexity index is 678. The molecule has 1 aromatic carbocycles. The summed E-state index contributed by atoms with van der Waals surface area (Å²) < 4.78 is 0. The van der Waals surface area contributed by atoms with E-state index in [4.69, 9.17) is 5.73 Å². The molecule has 4 N–H and O–H groups in total. The van der Waals surface area contributed by atoms with Crippen LogP contribution in [0.1, 0.15) is 27.0 Å². The van der Waals surface area contributed by atoms with E-state index in [9.17, 15) is 4.79 Å². The van der Waals surface area contributed by atoms with Crippen LogP contribution in [0.25, 0.3) is 0 Å². The topological polar surface area (TPSA) is 67.1 Å². The van der Waals surface area contributed by atoms with Crippen molar-refractivity contribution in [2.75, 3.05) is 17.6 Å². The first-order valence-corrected chi connectivity index (χ1v) is 7.69. The van der Waals surface area contributed by atoms with E-state index in [0.717, 1.165) is 13.0 Å². The lowest BCUT2D eigenvalue weighted by Gasteiger charge is -2.17. The fourth-order valence-corrected chi connectivity index (χ4v) is 3.27. The van der Waals surface area contributed by atoms with Gasteiger partial charge in [0.15, 0.2) is 0 Å². The van der Waals surface area contributed by atoms with Gasteiger partial charge in [0.2, 0.25) is 0 Å². The van der Waals surface area contributed by atoms with Crippen LogP contribution < -0.4 is 16.4 Å². The summed E-state index contributed by atoms with van der Waals surface area (Å²) in [5.74, 6) is -0.115. The van der Waals surface area contributed by atoms with Gasteiger partial charge in [0.05, 0.1) is 16.3 Å². The number of thiophene rings is 1. The van der Waals surface area contributed by atoms with Crippen molar-refractivity contribution < 1.29 is 4.79 Å². The molecule has 2 aromatic rings. The molecule has 1 aliphatic rings. The summed E-state index contributed by atoms with van der Waals surface area (Å²) in [6, 6.07) is 11.5. The highest BCUT2D eigenvalue weighted by Gasteiger charge is 2.17. The zero-order chi connectivity index (χ0) is 14.7. The lowest BCUT2D eigenvalue weighted by atomic mass is 10.1. The molecule has 1 amide bonds. The smallest absolute Gasteiger partial charge is 0.265 e. The van der Waals surface area contributed by atoms with Crippen molar-refractivity contribution in [3.63, 3.8) is 0 Å². The average molecular weight is 299 g/mol. The highest BCUT2D eigenvalue weighted by molar-refractivity contribution is 7.14. The largest absolute Gasteiger partial charge is 0.397 e. The number of nitrogen functional groups attached to an aromatic ring is 1. The Labute approximate surface area is 127 Å². The lowest BCUT2D eigenvalue weighted by molar-refractivity contribution is 0.103. The molecule has 0 saturated heterocycles. The monoisotopic (exact) mass is 299 g/mol. The first kappa shape index (κ1) is 13.9. The van der Waals surface area contributed by atoms with Gasteiger partial charge in [0, 0.05) is 17.5 Å². The number of carbonyl (C=O) groups is 1. The second-order valence-electron chi connectivity index (χ2n) is 4.91. The molecule has 21 heavy (non-hydrogen) atoms. The summed E-state index contributed by atoms with van der Waals surface area (Å²) >= 11 is 1.52. The van der Waals surface area contributed by atoms with Crippen molar-refractivity contribution in [1.29, 1.82) is 0 Å². The van der Waals surface area contributed by atoms with Gasteiger partial charge in [-0.25, -0.2) is 0 Å². The minimum atomic E-state index is -0.115. The maximum Gasteiger partial charge on any atom is 0.265 e. The van der Waals surface area contributed by atoms with E-state index in [-0.39, 0.29) is 5.91 Å². The van der Waals surface area contributed by atoms with Gasteiger partial charge in [-0.2, -0.15) is 0 Å². The first-order valence-electron chi connectivity index (χ1n) is 6.88. The molecule has 0 saturated carbocycles. The Morgan fingerprint density at radius 1 is 1.24 bits per heavy atom. The summed E-state index contributed by atoms with van der Waals surface area (Å²) in [6.45, 7) is 0.880. The molecule has 4 nitrogen and oxygen atoms in total. The summed E-state index contributed by atoms with van der Waals surface area (Å²) in [5.41, 5.74) is 7.06. The molecule has 2 heterocycles. The SMILES string of the molecule is Nc1ccccc1NC(=O)c1ccc(C2CC=CCN2)s1. The van der Waals surface area contributed by atoms with E-state index in [2.05, 4.69) is 22.8 Å². The second-order valence-corrected chi connectivity index (χ2v) is 6.03. The Morgan fingerprint density at radius 3 is 2.86 bits per heavy atom. The van der Waals surface area contributed by atoms with E-state index >= 15 is 0 Å². The van der Waals surface area contributed by atoms with Crippen molar-refractivity contribution >= 4 is 28.6 Å². The third kappa shape index (κ3) is 3.15. The molecule has 0 fully saturated rings. The number of nitrogens with one attached hydrogen (secondary N) is 2. The van der Waals surface area contributed by atoms with Crippen molar-refractivity contribution in [3.05, 3.63) is 58.3 Å². The quantitative estimate of drug-likeness (QED) is 0.602. The number of nitrogens with two attached hydrogens (primary N) is 1. The van der Waals surface area contributed by atoms with E-state index in [1.165, 1.54) is 16.2 Å². The number of hydrogen-bond donors (Lipinski definition) is 3. The van der Waals surface area contributed by atoms with Crippen molar-refractivity contribution in [3.8, 4) is 0 Å².